The maximum absolute atomic E-state index is 12.0. The third-order valence-corrected chi connectivity index (χ3v) is 4.44. The van der Waals surface area contributed by atoms with Crippen LogP contribution >= 0.6 is 11.8 Å². The second-order valence-electron chi connectivity index (χ2n) is 5.89. The van der Waals surface area contributed by atoms with Crippen LogP contribution in [0.25, 0.3) is 0 Å². The second kappa shape index (κ2) is 12.4. The van der Waals surface area contributed by atoms with Gasteiger partial charge in [0.2, 0.25) is 0 Å². The Bertz CT molecular complexity index is 622. The molecule has 0 aliphatic carbocycles. The van der Waals surface area contributed by atoms with Gasteiger partial charge in [-0.25, -0.2) is 0 Å². The van der Waals surface area contributed by atoms with Crippen LogP contribution < -0.4 is 4.74 Å². The zero-order valence-corrected chi connectivity index (χ0v) is 16.1. The van der Waals surface area contributed by atoms with E-state index in [1.165, 1.54) is 5.56 Å². The quantitative estimate of drug-likeness (QED) is 0.417. The van der Waals surface area contributed by atoms with Gasteiger partial charge in [0.25, 0.3) is 0 Å². The summed E-state index contributed by atoms with van der Waals surface area (Å²) in [6.07, 6.45) is 2.49. The number of thioether (sulfide) groups is 1. The number of carbonyl (C=O) groups is 1. The summed E-state index contributed by atoms with van der Waals surface area (Å²) < 4.78 is 10.8. The highest BCUT2D eigenvalue weighted by molar-refractivity contribution is 7.98. The molecule has 0 heterocycles. The van der Waals surface area contributed by atoms with E-state index in [2.05, 4.69) is 23.3 Å². The molecule has 0 aliphatic heterocycles. The molecule has 0 aromatic heterocycles. The Kier molecular flexibility index (Phi) is 9.69. The Labute approximate surface area is 160 Å². The van der Waals surface area contributed by atoms with E-state index in [9.17, 15) is 4.79 Å². The largest absolute Gasteiger partial charge is 0.490 e. The molecule has 0 atom stereocenters. The van der Waals surface area contributed by atoms with Crippen molar-refractivity contribution in [3.8, 4) is 5.75 Å². The van der Waals surface area contributed by atoms with Crippen molar-refractivity contribution in [2.24, 2.45) is 0 Å². The Morgan fingerprint density at radius 1 is 0.962 bits per heavy atom. The lowest BCUT2D eigenvalue weighted by atomic mass is 10.2. The molecule has 0 saturated carbocycles. The molecule has 2 rings (SSSR count). The van der Waals surface area contributed by atoms with Gasteiger partial charge in [-0.15, -0.1) is 0 Å². The first-order valence-corrected chi connectivity index (χ1v) is 10.3. The van der Waals surface area contributed by atoms with E-state index < -0.39 is 0 Å². The molecule has 5 heteroatoms. The Hall–Kier alpha value is -1.98. The van der Waals surface area contributed by atoms with Crippen molar-refractivity contribution in [2.45, 2.75) is 13.0 Å². The average molecular weight is 374 g/mol. The minimum absolute atomic E-state index is 0.177. The van der Waals surface area contributed by atoms with Gasteiger partial charge < -0.3 is 9.47 Å². The van der Waals surface area contributed by atoms with Crippen molar-refractivity contribution >= 4 is 17.7 Å². The third kappa shape index (κ3) is 8.41. The number of esters is 1. The first-order valence-electron chi connectivity index (χ1n) is 8.86. The average Bonchev–Trinajstić information content (AvgIpc) is 2.69. The lowest BCUT2D eigenvalue weighted by Crippen LogP contribution is -2.29. The predicted molar refractivity (Wildman–Crippen MR) is 108 cm³/mol. The van der Waals surface area contributed by atoms with Crippen LogP contribution in [0.15, 0.2) is 60.7 Å². The molecule has 0 unspecified atom stereocenters. The fourth-order valence-corrected chi connectivity index (χ4v) is 2.93. The highest BCUT2D eigenvalue weighted by Crippen LogP contribution is 2.08. The Balaban J connectivity index is 1.66. The molecule has 140 valence electrons. The molecule has 2 aromatic rings. The summed E-state index contributed by atoms with van der Waals surface area (Å²) in [7, 11) is 0. The molecule has 4 nitrogen and oxygen atoms in total. The first kappa shape index (κ1) is 20.3. The van der Waals surface area contributed by atoms with Crippen LogP contribution in [0.4, 0.5) is 0 Å². The van der Waals surface area contributed by atoms with Gasteiger partial charge in [-0.05, 0) is 24.0 Å². The zero-order valence-electron chi connectivity index (χ0n) is 15.3. The predicted octanol–water partition coefficient (Wildman–Crippen LogP) is 3.86. The summed E-state index contributed by atoms with van der Waals surface area (Å²) in [6, 6.07) is 19.9. The molecule has 26 heavy (non-hydrogen) atoms. The van der Waals surface area contributed by atoms with Crippen molar-refractivity contribution in [1.29, 1.82) is 0 Å². The minimum Gasteiger partial charge on any atom is -0.490 e. The highest BCUT2D eigenvalue weighted by Gasteiger charge is 2.10. The molecule has 0 radical (unpaired) electrons. The van der Waals surface area contributed by atoms with Crippen molar-refractivity contribution in [3.05, 3.63) is 66.2 Å². The molecule has 2 aromatic carbocycles. The summed E-state index contributed by atoms with van der Waals surface area (Å²) in [5.74, 6) is 1.66. The fraction of sp³-hybridized carbons (Fsp3) is 0.381. The van der Waals surface area contributed by atoms with E-state index in [0.717, 1.165) is 24.6 Å². The summed E-state index contributed by atoms with van der Waals surface area (Å²) >= 11 is 1.82. The van der Waals surface area contributed by atoms with Gasteiger partial charge >= 0.3 is 5.97 Å². The summed E-state index contributed by atoms with van der Waals surface area (Å²) in [4.78, 5) is 14.3. The fourth-order valence-electron chi connectivity index (χ4n) is 2.49. The van der Waals surface area contributed by atoms with E-state index in [0.29, 0.717) is 19.6 Å². The van der Waals surface area contributed by atoms with Gasteiger partial charge in [0, 0.05) is 25.4 Å². The van der Waals surface area contributed by atoms with E-state index in [4.69, 9.17) is 9.47 Å². The van der Waals surface area contributed by atoms with Crippen molar-refractivity contribution < 1.29 is 14.3 Å². The lowest BCUT2D eigenvalue weighted by molar-refractivity contribution is -0.144. The Morgan fingerprint density at radius 2 is 1.65 bits per heavy atom. The van der Waals surface area contributed by atoms with Crippen LogP contribution in [0, 0.1) is 0 Å². The highest BCUT2D eigenvalue weighted by atomic mass is 32.2. The van der Waals surface area contributed by atoms with E-state index in [1.54, 1.807) is 0 Å². The second-order valence-corrected chi connectivity index (χ2v) is 6.87. The van der Waals surface area contributed by atoms with E-state index >= 15 is 0 Å². The van der Waals surface area contributed by atoms with E-state index in [-0.39, 0.29) is 12.6 Å². The maximum atomic E-state index is 12.0. The molecule has 0 aliphatic rings. The van der Waals surface area contributed by atoms with Crippen LogP contribution in [-0.4, -0.2) is 49.2 Å². The Morgan fingerprint density at radius 3 is 2.35 bits per heavy atom. The van der Waals surface area contributed by atoms with Crippen LogP contribution in [0.2, 0.25) is 0 Å². The topological polar surface area (TPSA) is 38.8 Å². The number of hydrogen-bond donors (Lipinski definition) is 0. The van der Waals surface area contributed by atoms with Crippen LogP contribution in [0.1, 0.15) is 12.0 Å². The summed E-state index contributed by atoms with van der Waals surface area (Å²) in [5, 5.41) is 0. The number of benzene rings is 2. The number of rotatable bonds is 12. The lowest BCUT2D eigenvalue weighted by Gasteiger charge is -2.21. The smallest absolute Gasteiger partial charge is 0.307 e. The van der Waals surface area contributed by atoms with Gasteiger partial charge in [0.05, 0.1) is 6.42 Å². The molecule has 0 bridgehead atoms. The van der Waals surface area contributed by atoms with Gasteiger partial charge in [-0.1, -0.05) is 48.5 Å². The molecule has 0 amide bonds. The zero-order chi connectivity index (χ0) is 18.5. The van der Waals surface area contributed by atoms with Crippen molar-refractivity contribution in [3.63, 3.8) is 0 Å². The van der Waals surface area contributed by atoms with Crippen molar-refractivity contribution in [2.75, 3.05) is 38.3 Å². The molecular weight excluding hydrogens is 346 g/mol. The molecule has 0 spiro atoms. The maximum Gasteiger partial charge on any atom is 0.307 e. The van der Waals surface area contributed by atoms with Gasteiger partial charge in [0.1, 0.15) is 19.0 Å². The van der Waals surface area contributed by atoms with Gasteiger partial charge in [-0.3, -0.25) is 9.69 Å². The van der Waals surface area contributed by atoms with Crippen LogP contribution in [0.3, 0.4) is 0 Å². The van der Waals surface area contributed by atoms with Gasteiger partial charge in [0.15, 0.2) is 0 Å². The van der Waals surface area contributed by atoms with Crippen LogP contribution in [0.5, 0.6) is 5.75 Å². The summed E-state index contributed by atoms with van der Waals surface area (Å²) in [5.41, 5.74) is 1.26. The standard InChI is InChI=1S/C21H27NO3S/c1-26-17-14-22(18-19-8-4-2-5-9-19)13-12-21(23)25-16-15-24-20-10-6-3-7-11-20/h2-11H,12-18H2,1H3. The molecule has 0 N–H and O–H groups in total. The van der Waals surface area contributed by atoms with Crippen LogP contribution in [-0.2, 0) is 16.1 Å². The van der Waals surface area contributed by atoms with E-state index in [1.807, 2.05) is 60.3 Å². The molecular formula is C21H27NO3S. The number of para-hydroxylation sites is 1. The molecule has 0 fully saturated rings. The third-order valence-electron chi connectivity index (χ3n) is 3.85. The first-order chi connectivity index (χ1) is 12.8. The number of nitrogens with zero attached hydrogens (tertiary/aromatic N) is 1. The SMILES string of the molecule is CSCCN(CCC(=O)OCCOc1ccccc1)Cc1ccccc1. The normalized spacial score (nSPS) is 10.7. The minimum atomic E-state index is -0.177. The number of carbonyl (C=O) groups excluding carboxylic acids is 1. The number of hydrogen-bond acceptors (Lipinski definition) is 5. The number of ether oxygens (including phenoxy) is 2. The monoisotopic (exact) mass is 373 g/mol. The van der Waals surface area contributed by atoms with Gasteiger partial charge in [-0.2, -0.15) is 11.8 Å². The summed E-state index contributed by atoms with van der Waals surface area (Å²) in [6.45, 7) is 3.16. The van der Waals surface area contributed by atoms with Crippen molar-refractivity contribution in [1.82, 2.24) is 4.90 Å². The molecule has 0 saturated heterocycles.